The van der Waals surface area contributed by atoms with E-state index in [0.717, 1.165) is 24.8 Å². The standard InChI is InChI=1S/C16H23N3O/c1-4-5-14-18-16(19-20-14)15(17)13-8-6-12(7-9-13)10-11(2)3/h6-9,11,15H,4-5,10,17H2,1-3H3. The molecule has 2 aromatic rings. The number of hydrogen-bond donors (Lipinski definition) is 1. The molecule has 20 heavy (non-hydrogen) atoms. The van der Waals surface area contributed by atoms with E-state index in [0.29, 0.717) is 17.6 Å². The summed E-state index contributed by atoms with van der Waals surface area (Å²) < 4.78 is 5.18. The predicted octanol–water partition coefficient (Wildman–Crippen LogP) is 3.27. The van der Waals surface area contributed by atoms with E-state index in [-0.39, 0.29) is 6.04 Å². The van der Waals surface area contributed by atoms with Crippen molar-refractivity contribution in [1.82, 2.24) is 10.1 Å². The molecule has 1 heterocycles. The SMILES string of the molecule is CCCc1nc(C(N)c2ccc(CC(C)C)cc2)no1. The molecule has 0 bridgehead atoms. The average Bonchev–Trinajstić information content (AvgIpc) is 2.87. The second kappa shape index (κ2) is 6.66. The number of aromatic nitrogens is 2. The van der Waals surface area contributed by atoms with Crippen molar-refractivity contribution in [3.8, 4) is 0 Å². The highest BCUT2D eigenvalue weighted by molar-refractivity contribution is 5.28. The second-order valence-electron chi connectivity index (χ2n) is 5.61. The van der Waals surface area contributed by atoms with Crippen LogP contribution in [-0.4, -0.2) is 10.1 Å². The Bertz CT molecular complexity index is 531. The molecular weight excluding hydrogens is 250 g/mol. The lowest BCUT2D eigenvalue weighted by molar-refractivity contribution is 0.370. The minimum atomic E-state index is -0.322. The zero-order chi connectivity index (χ0) is 14.5. The Morgan fingerprint density at radius 1 is 1.20 bits per heavy atom. The lowest BCUT2D eigenvalue weighted by Gasteiger charge is -2.09. The molecule has 0 aliphatic heterocycles. The largest absolute Gasteiger partial charge is 0.339 e. The van der Waals surface area contributed by atoms with Gasteiger partial charge in [-0.3, -0.25) is 0 Å². The number of benzene rings is 1. The van der Waals surface area contributed by atoms with Gasteiger partial charge in [-0.15, -0.1) is 0 Å². The Labute approximate surface area is 120 Å². The quantitative estimate of drug-likeness (QED) is 0.877. The smallest absolute Gasteiger partial charge is 0.226 e. The van der Waals surface area contributed by atoms with Crippen LogP contribution in [0.1, 0.15) is 56.1 Å². The highest BCUT2D eigenvalue weighted by Gasteiger charge is 2.15. The zero-order valence-electron chi connectivity index (χ0n) is 12.5. The third kappa shape index (κ3) is 3.67. The predicted molar refractivity (Wildman–Crippen MR) is 79.3 cm³/mol. The van der Waals surface area contributed by atoms with Crippen molar-refractivity contribution in [3.05, 3.63) is 47.1 Å². The molecule has 1 aromatic heterocycles. The van der Waals surface area contributed by atoms with Crippen molar-refractivity contribution in [2.24, 2.45) is 11.7 Å². The van der Waals surface area contributed by atoms with Crippen LogP contribution in [0.3, 0.4) is 0 Å². The molecule has 1 atom stereocenters. The molecule has 2 rings (SSSR count). The van der Waals surface area contributed by atoms with Crippen LogP contribution in [0.4, 0.5) is 0 Å². The van der Waals surface area contributed by atoms with E-state index in [2.05, 4.69) is 55.2 Å². The van der Waals surface area contributed by atoms with Crippen molar-refractivity contribution >= 4 is 0 Å². The lowest BCUT2D eigenvalue weighted by atomic mass is 9.99. The van der Waals surface area contributed by atoms with Gasteiger partial charge in [0.1, 0.15) is 0 Å². The summed E-state index contributed by atoms with van der Waals surface area (Å²) in [5, 5.41) is 3.97. The molecule has 2 N–H and O–H groups in total. The number of nitrogens with two attached hydrogens (primary N) is 1. The van der Waals surface area contributed by atoms with E-state index in [1.165, 1.54) is 5.56 Å². The second-order valence-corrected chi connectivity index (χ2v) is 5.61. The van der Waals surface area contributed by atoms with Crippen molar-refractivity contribution in [2.45, 2.75) is 46.1 Å². The molecule has 0 aliphatic carbocycles. The highest BCUT2D eigenvalue weighted by atomic mass is 16.5. The summed E-state index contributed by atoms with van der Waals surface area (Å²) in [4.78, 5) is 4.34. The van der Waals surface area contributed by atoms with Gasteiger partial charge in [0.2, 0.25) is 5.89 Å². The van der Waals surface area contributed by atoms with Gasteiger partial charge in [-0.05, 0) is 29.9 Å². The minimum Gasteiger partial charge on any atom is -0.339 e. The van der Waals surface area contributed by atoms with Crippen LogP contribution in [0.25, 0.3) is 0 Å². The summed E-state index contributed by atoms with van der Waals surface area (Å²) in [6, 6.07) is 8.04. The molecule has 0 radical (unpaired) electrons. The molecular formula is C16H23N3O. The van der Waals surface area contributed by atoms with E-state index < -0.39 is 0 Å². The van der Waals surface area contributed by atoms with Gasteiger partial charge in [-0.2, -0.15) is 4.98 Å². The maximum Gasteiger partial charge on any atom is 0.226 e. The maximum atomic E-state index is 6.19. The zero-order valence-corrected chi connectivity index (χ0v) is 12.5. The minimum absolute atomic E-state index is 0.322. The average molecular weight is 273 g/mol. The fourth-order valence-corrected chi connectivity index (χ4v) is 2.19. The van der Waals surface area contributed by atoms with Gasteiger partial charge < -0.3 is 10.3 Å². The number of aryl methyl sites for hydroxylation is 1. The molecule has 0 amide bonds. The Hall–Kier alpha value is -1.68. The van der Waals surface area contributed by atoms with Gasteiger partial charge in [-0.1, -0.05) is 50.2 Å². The van der Waals surface area contributed by atoms with Crippen molar-refractivity contribution in [3.63, 3.8) is 0 Å². The van der Waals surface area contributed by atoms with Crippen LogP contribution in [0, 0.1) is 5.92 Å². The Balaban J connectivity index is 2.09. The summed E-state index contributed by atoms with van der Waals surface area (Å²) >= 11 is 0. The van der Waals surface area contributed by atoms with Crippen molar-refractivity contribution in [1.29, 1.82) is 0 Å². The summed E-state index contributed by atoms with van der Waals surface area (Å²) in [6.45, 7) is 6.51. The highest BCUT2D eigenvalue weighted by Crippen LogP contribution is 2.19. The first-order valence-electron chi connectivity index (χ1n) is 7.27. The van der Waals surface area contributed by atoms with E-state index in [1.54, 1.807) is 0 Å². The normalized spacial score (nSPS) is 12.8. The van der Waals surface area contributed by atoms with Crippen LogP contribution in [0.15, 0.2) is 28.8 Å². The first-order chi connectivity index (χ1) is 9.60. The Kier molecular flexibility index (Phi) is 4.90. The number of hydrogen-bond acceptors (Lipinski definition) is 4. The fourth-order valence-electron chi connectivity index (χ4n) is 2.19. The molecule has 0 fully saturated rings. The topological polar surface area (TPSA) is 64.9 Å². The third-order valence-corrected chi connectivity index (χ3v) is 3.21. The summed E-state index contributed by atoms with van der Waals surface area (Å²) in [6.07, 6.45) is 2.87. The maximum absolute atomic E-state index is 6.19. The molecule has 1 aromatic carbocycles. The molecule has 0 saturated carbocycles. The Morgan fingerprint density at radius 3 is 2.50 bits per heavy atom. The Morgan fingerprint density at radius 2 is 1.90 bits per heavy atom. The van der Waals surface area contributed by atoms with E-state index in [4.69, 9.17) is 10.3 Å². The summed E-state index contributed by atoms with van der Waals surface area (Å²) in [5.41, 5.74) is 8.54. The van der Waals surface area contributed by atoms with Crippen LogP contribution in [0.5, 0.6) is 0 Å². The van der Waals surface area contributed by atoms with E-state index in [1.807, 2.05) is 0 Å². The molecule has 0 spiro atoms. The van der Waals surface area contributed by atoms with Gasteiger partial charge in [0, 0.05) is 6.42 Å². The van der Waals surface area contributed by atoms with Crippen LogP contribution >= 0.6 is 0 Å². The van der Waals surface area contributed by atoms with Crippen molar-refractivity contribution in [2.75, 3.05) is 0 Å². The van der Waals surface area contributed by atoms with Gasteiger partial charge in [0.05, 0.1) is 6.04 Å². The fraction of sp³-hybridized carbons (Fsp3) is 0.500. The first-order valence-corrected chi connectivity index (χ1v) is 7.27. The molecule has 0 aliphatic rings. The van der Waals surface area contributed by atoms with Gasteiger partial charge in [0.15, 0.2) is 5.82 Å². The summed E-state index contributed by atoms with van der Waals surface area (Å²) in [7, 11) is 0. The summed E-state index contributed by atoms with van der Waals surface area (Å²) in [5.74, 6) is 1.88. The monoisotopic (exact) mass is 273 g/mol. The molecule has 4 heteroatoms. The van der Waals surface area contributed by atoms with Gasteiger partial charge in [0.25, 0.3) is 0 Å². The number of rotatable bonds is 6. The number of nitrogens with zero attached hydrogens (tertiary/aromatic N) is 2. The van der Waals surface area contributed by atoms with Gasteiger partial charge >= 0.3 is 0 Å². The van der Waals surface area contributed by atoms with E-state index in [9.17, 15) is 0 Å². The van der Waals surface area contributed by atoms with Gasteiger partial charge in [-0.25, -0.2) is 0 Å². The van der Waals surface area contributed by atoms with Crippen LogP contribution in [0.2, 0.25) is 0 Å². The first kappa shape index (κ1) is 14.7. The van der Waals surface area contributed by atoms with E-state index >= 15 is 0 Å². The molecule has 1 unspecified atom stereocenters. The van der Waals surface area contributed by atoms with Crippen molar-refractivity contribution < 1.29 is 4.52 Å². The third-order valence-electron chi connectivity index (χ3n) is 3.21. The van der Waals surface area contributed by atoms with Crippen LogP contribution < -0.4 is 5.73 Å². The lowest BCUT2D eigenvalue weighted by Crippen LogP contribution is -2.13. The van der Waals surface area contributed by atoms with Crippen LogP contribution in [-0.2, 0) is 12.8 Å². The molecule has 4 nitrogen and oxygen atoms in total. The molecule has 0 saturated heterocycles. The molecule has 108 valence electrons.